The minimum Gasteiger partial charge on any atom is -0.481 e. The van der Waals surface area contributed by atoms with Crippen molar-refractivity contribution in [3.8, 4) is 0 Å². The summed E-state index contributed by atoms with van der Waals surface area (Å²) in [5.41, 5.74) is 2.50. The second kappa shape index (κ2) is 6.04. The lowest BCUT2D eigenvalue weighted by Crippen LogP contribution is -2.18. The number of aryl methyl sites for hydroxylation is 3. The van der Waals surface area contributed by atoms with E-state index in [1.165, 1.54) is 6.20 Å². The molecule has 0 unspecified atom stereocenters. The fourth-order valence-corrected chi connectivity index (χ4v) is 4.23. The first-order valence-electron chi connectivity index (χ1n) is 6.89. The molecule has 0 saturated carbocycles. The topological polar surface area (TPSA) is 110 Å². The van der Waals surface area contributed by atoms with Crippen molar-refractivity contribution in [1.82, 2.24) is 5.16 Å². The second-order valence-electron chi connectivity index (χ2n) is 5.41. The molecule has 2 aromatic rings. The molecule has 1 aromatic carbocycles. The van der Waals surface area contributed by atoms with Crippen LogP contribution in [0.4, 0.5) is 5.69 Å². The third-order valence-corrected chi connectivity index (χ3v) is 5.31. The van der Waals surface area contributed by atoms with Crippen molar-refractivity contribution in [3.05, 3.63) is 40.3 Å². The van der Waals surface area contributed by atoms with Crippen LogP contribution in [0.2, 0.25) is 0 Å². The highest BCUT2D eigenvalue weighted by molar-refractivity contribution is 7.92. The lowest BCUT2D eigenvalue weighted by Gasteiger charge is -2.17. The van der Waals surface area contributed by atoms with Crippen LogP contribution in [0, 0.1) is 27.7 Å². The minimum atomic E-state index is -3.89. The van der Waals surface area contributed by atoms with Crippen molar-refractivity contribution in [1.29, 1.82) is 0 Å². The lowest BCUT2D eigenvalue weighted by atomic mass is 9.97. The minimum absolute atomic E-state index is 0.0833. The first kappa shape index (κ1) is 17.0. The predicted octanol–water partition coefficient (Wildman–Crippen LogP) is 2.34. The number of sulfonamides is 1. The van der Waals surface area contributed by atoms with Gasteiger partial charge in [0.2, 0.25) is 0 Å². The van der Waals surface area contributed by atoms with E-state index in [0.29, 0.717) is 22.5 Å². The molecule has 0 spiro atoms. The van der Waals surface area contributed by atoms with Crippen molar-refractivity contribution in [2.45, 2.75) is 39.0 Å². The molecule has 2 rings (SSSR count). The molecule has 7 nitrogen and oxygen atoms in total. The molecule has 0 atom stereocenters. The molecule has 0 fully saturated rings. The van der Waals surface area contributed by atoms with Gasteiger partial charge < -0.3 is 9.63 Å². The van der Waals surface area contributed by atoms with E-state index in [2.05, 4.69) is 9.88 Å². The van der Waals surface area contributed by atoms with Crippen molar-refractivity contribution in [2.24, 2.45) is 0 Å². The fraction of sp³-hybridized carbons (Fsp3) is 0.333. The molecule has 23 heavy (non-hydrogen) atoms. The summed E-state index contributed by atoms with van der Waals surface area (Å²) in [7, 11) is -3.89. The first-order chi connectivity index (χ1) is 10.6. The Morgan fingerprint density at radius 3 is 2.43 bits per heavy atom. The van der Waals surface area contributed by atoms with Crippen LogP contribution in [-0.2, 0) is 21.2 Å². The van der Waals surface area contributed by atoms with Crippen LogP contribution in [0.5, 0.6) is 0 Å². The largest absolute Gasteiger partial charge is 0.481 e. The van der Waals surface area contributed by atoms with Gasteiger partial charge >= 0.3 is 5.97 Å². The van der Waals surface area contributed by atoms with Gasteiger partial charge in [-0.05, 0) is 49.9 Å². The van der Waals surface area contributed by atoms with Crippen LogP contribution < -0.4 is 4.72 Å². The molecule has 0 aliphatic heterocycles. The summed E-state index contributed by atoms with van der Waals surface area (Å²) < 4.78 is 32.7. The fourth-order valence-electron chi connectivity index (χ4n) is 2.63. The first-order valence-corrected chi connectivity index (χ1v) is 8.37. The van der Waals surface area contributed by atoms with Crippen LogP contribution in [0.15, 0.2) is 21.7 Å². The summed E-state index contributed by atoms with van der Waals surface area (Å²) in [6.07, 6.45) is 1.05. The van der Waals surface area contributed by atoms with E-state index in [9.17, 15) is 13.2 Å². The molecule has 0 aliphatic rings. The van der Waals surface area contributed by atoms with Gasteiger partial charge in [0.1, 0.15) is 5.69 Å². The zero-order valence-electron chi connectivity index (χ0n) is 13.3. The standard InChI is InChI=1S/C15H18N2O5S/c1-8-5-9(2)15(10(3)12(8)6-14(18)19)23(20,21)17-13-7-16-22-11(13)4/h5,7,17H,6H2,1-4H3,(H,18,19). The molecular formula is C15H18N2O5S. The molecule has 0 saturated heterocycles. The van der Waals surface area contributed by atoms with Crippen LogP contribution in [0.3, 0.4) is 0 Å². The Balaban J connectivity index is 2.58. The number of aromatic nitrogens is 1. The summed E-state index contributed by atoms with van der Waals surface area (Å²) in [5.74, 6) is -0.659. The van der Waals surface area contributed by atoms with Gasteiger partial charge in [-0.25, -0.2) is 8.42 Å². The predicted molar refractivity (Wildman–Crippen MR) is 84.0 cm³/mol. The number of aliphatic carboxylic acids is 1. The van der Waals surface area contributed by atoms with Crippen molar-refractivity contribution in [2.75, 3.05) is 4.72 Å². The van der Waals surface area contributed by atoms with Crippen molar-refractivity contribution < 1.29 is 22.8 Å². The molecule has 1 aromatic heterocycles. The van der Waals surface area contributed by atoms with E-state index < -0.39 is 16.0 Å². The van der Waals surface area contributed by atoms with Gasteiger partial charge in [-0.3, -0.25) is 9.52 Å². The highest BCUT2D eigenvalue weighted by Crippen LogP contribution is 2.29. The van der Waals surface area contributed by atoms with Crippen molar-refractivity contribution >= 4 is 21.7 Å². The Bertz CT molecular complexity index is 868. The quantitative estimate of drug-likeness (QED) is 0.866. The zero-order valence-corrected chi connectivity index (χ0v) is 14.1. The number of hydrogen-bond donors (Lipinski definition) is 2. The van der Waals surface area contributed by atoms with Gasteiger partial charge in [-0.1, -0.05) is 11.2 Å². The summed E-state index contributed by atoms with van der Waals surface area (Å²) in [5, 5.41) is 12.6. The summed E-state index contributed by atoms with van der Waals surface area (Å²) in [6.45, 7) is 6.66. The van der Waals surface area contributed by atoms with Crippen LogP contribution >= 0.6 is 0 Å². The highest BCUT2D eigenvalue weighted by Gasteiger charge is 2.24. The lowest BCUT2D eigenvalue weighted by molar-refractivity contribution is -0.136. The Labute approximate surface area is 134 Å². The SMILES string of the molecule is Cc1cc(C)c(S(=O)(=O)Nc2cnoc2C)c(C)c1CC(=O)O. The van der Waals surface area contributed by atoms with Gasteiger partial charge in [0.05, 0.1) is 17.5 Å². The normalized spacial score (nSPS) is 11.5. The van der Waals surface area contributed by atoms with E-state index >= 15 is 0 Å². The van der Waals surface area contributed by atoms with Gasteiger partial charge in [-0.15, -0.1) is 0 Å². The molecule has 1 heterocycles. The number of anilines is 1. The average Bonchev–Trinajstić information content (AvgIpc) is 2.78. The van der Waals surface area contributed by atoms with E-state index in [-0.39, 0.29) is 17.0 Å². The summed E-state index contributed by atoms with van der Waals surface area (Å²) in [6, 6.07) is 1.68. The van der Waals surface area contributed by atoms with Gasteiger partial charge in [-0.2, -0.15) is 0 Å². The maximum atomic E-state index is 12.7. The average molecular weight is 338 g/mol. The third-order valence-electron chi connectivity index (χ3n) is 3.65. The highest BCUT2D eigenvalue weighted by atomic mass is 32.2. The molecule has 8 heteroatoms. The number of rotatable bonds is 5. The Morgan fingerprint density at radius 1 is 1.26 bits per heavy atom. The molecular weight excluding hydrogens is 320 g/mol. The Kier molecular flexibility index (Phi) is 4.46. The van der Waals surface area contributed by atoms with Crippen LogP contribution in [0.1, 0.15) is 28.0 Å². The van der Waals surface area contributed by atoms with Gasteiger partial charge in [0.15, 0.2) is 5.76 Å². The second-order valence-corrected chi connectivity index (χ2v) is 7.03. The number of carboxylic acid groups (broad SMARTS) is 1. The maximum Gasteiger partial charge on any atom is 0.307 e. The molecule has 2 N–H and O–H groups in total. The molecule has 0 amide bonds. The maximum absolute atomic E-state index is 12.7. The van der Waals surface area contributed by atoms with E-state index in [1.54, 1.807) is 33.8 Å². The number of benzene rings is 1. The smallest absolute Gasteiger partial charge is 0.307 e. The van der Waals surface area contributed by atoms with Gasteiger partial charge in [0, 0.05) is 0 Å². The van der Waals surface area contributed by atoms with E-state index in [0.717, 1.165) is 5.56 Å². The van der Waals surface area contributed by atoms with Crippen LogP contribution in [0.25, 0.3) is 0 Å². The van der Waals surface area contributed by atoms with Crippen molar-refractivity contribution in [3.63, 3.8) is 0 Å². The number of carbonyl (C=O) groups is 1. The van der Waals surface area contributed by atoms with E-state index in [4.69, 9.17) is 9.63 Å². The molecule has 0 radical (unpaired) electrons. The number of nitrogens with zero attached hydrogens (tertiary/aromatic N) is 1. The monoisotopic (exact) mass is 338 g/mol. The third kappa shape index (κ3) is 3.37. The number of carboxylic acids is 1. The molecule has 0 bridgehead atoms. The number of hydrogen-bond acceptors (Lipinski definition) is 5. The Hall–Kier alpha value is -2.35. The summed E-state index contributed by atoms with van der Waals surface area (Å²) in [4.78, 5) is 11.1. The van der Waals surface area contributed by atoms with E-state index in [1.807, 2.05) is 0 Å². The molecule has 0 aliphatic carbocycles. The zero-order chi connectivity index (χ0) is 17.4. The number of nitrogens with one attached hydrogen (secondary N) is 1. The van der Waals surface area contributed by atoms with Crippen LogP contribution in [-0.4, -0.2) is 24.7 Å². The molecule has 124 valence electrons. The summed E-state index contributed by atoms with van der Waals surface area (Å²) >= 11 is 0. The van der Waals surface area contributed by atoms with Gasteiger partial charge in [0.25, 0.3) is 10.0 Å². The Morgan fingerprint density at radius 2 is 1.91 bits per heavy atom.